The van der Waals surface area contributed by atoms with Gasteiger partial charge >= 0.3 is 11.9 Å². The Morgan fingerprint density at radius 3 is 2.44 bits per heavy atom. The van der Waals surface area contributed by atoms with E-state index in [-0.39, 0.29) is 38.3 Å². The molecule has 1 aliphatic heterocycles. The van der Waals surface area contributed by atoms with Gasteiger partial charge in [0.25, 0.3) is 0 Å². The molecule has 2 rings (SSSR count). The number of benzene rings is 1. The molecule has 1 aromatic carbocycles. The highest BCUT2D eigenvalue weighted by molar-refractivity contribution is 5.88. The monoisotopic (exact) mass is 448 g/mol. The van der Waals surface area contributed by atoms with Gasteiger partial charge in [-0.05, 0) is 37.7 Å². The van der Waals surface area contributed by atoms with Crippen LogP contribution >= 0.6 is 0 Å². The lowest BCUT2D eigenvalue weighted by atomic mass is 10.0. The molecule has 10 heteroatoms. The summed E-state index contributed by atoms with van der Waals surface area (Å²) in [5.41, 5.74) is 6.34. The Balaban J connectivity index is 2.09. The van der Waals surface area contributed by atoms with Crippen LogP contribution in [0.1, 0.15) is 37.7 Å². The van der Waals surface area contributed by atoms with E-state index in [1.807, 2.05) is 30.3 Å². The fraction of sp³-hybridized carbons (Fsp3) is 0.545. The van der Waals surface area contributed by atoms with E-state index in [0.717, 1.165) is 5.56 Å². The van der Waals surface area contributed by atoms with Gasteiger partial charge in [0.2, 0.25) is 11.8 Å². The summed E-state index contributed by atoms with van der Waals surface area (Å²) in [5.74, 6) is -2.90. The van der Waals surface area contributed by atoms with Crippen molar-refractivity contribution in [1.82, 2.24) is 15.5 Å². The Bertz CT molecular complexity index is 788. The molecule has 0 aliphatic carbocycles. The normalized spacial score (nSPS) is 17.5. The summed E-state index contributed by atoms with van der Waals surface area (Å²) in [5, 5.41) is 24.7. The molecule has 0 saturated carbocycles. The fourth-order valence-corrected chi connectivity index (χ4v) is 3.82. The minimum Gasteiger partial charge on any atom is -0.480 e. The Hall–Kier alpha value is -2.98. The topological polar surface area (TPSA) is 162 Å². The number of amides is 2. The summed E-state index contributed by atoms with van der Waals surface area (Å²) in [6.45, 7) is 0.634. The van der Waals surface area contributed by atoms with Crippen LogP contribution in [0.3, 0.4) is 0 Å². The van der Waals surface area contributed by atoms with Crippen LogP contribution in [0.5, 0.6) is 0 Å². The van der Waals surface area contributed by atoms with E-state index >= 15 is 0 Å². The smallest absolute Gasteiger partial charge is 0.326 e. The van der Waals surface area contributed by atoms with Gasteiger partial charge in [-0.2, -0.15) is 0 Å². The maximum Gasteiger partial charge on any atom is 0.326 e. The molecule has 3 atom stereocenters. The van der Waals surface area contributed by atoms with Crippen molar-refractivity contribution in [2.75, 3.05) is 19.6 Å². The van der Waals surface area contributed by atoms with Gasteiger partial charge in [-0.3, -0.25) is 19.7 Å². The van der Waals surface area contributed by atoms with Crippen molar-refractivity contribution in [1.29, 1.82) is 0 Å². The first-order valence-corrected chi connectivity index (χ1v) is 10.9. The lowest BCUT2D eigenvalue weighted by Crippen LogP contribution is -2.55. The van der Waals surface area contributed by atoms with Crippen molar-refractivity contribution < 1.29 is 29.4 Å². The number of aryl methyl sites for hydroxylation is 1. The second-order valence-corrected chi connectivity index (χ2v) is 7.84. The molecule has 0 aromatic heterocycles. The number of hydrogen-bond acceptors (Lipinski definition) is 6. The number of hydrogen-bond donors (Lipinski definition) is 5. The van der Waals surface area contributed by atoms with Gasteiger partial charge in [0, 0.05) is 26.1 Å². The van der Waals surface area contributed by atoms with Crippen LogP contribution in [0.2, 0.25) is 0 Å². The lowest BCUT2D eigenvalue weighted by Gasteiger charge is -2.29. The maximum atomic E-state index is 13.2. The minimum atomic E-state index is -1.10. The van der Waals surface area contributed by atoms with Crippen LogP contribution in [-0.4, -0.2) is 76.6 Å². The summed E-state index contributed by atoms with van der Waals surface area (Å²) < 4.78 is 0. The number of carbonyl (C=O) groups excluding carboxylic acids is 2. The minimum absolute atomic E-state index is 0.132. The number of aliphatic carboxylic acids is 2. The van der Waals surface area contributed by atoms with Gasteiger partial charge in [-0.15, -0.1) is 0 Å². The molecule has 1 fully saturated rings. The van der Waals surface area contributed by atoms with E-state index in [1.54, 1.807) is 0 Å². The first kappa shape index (κ1) is 25.3. The average molecular weight is 449 g/mol. The van der Waals surface area contributed by atoms with Crippen LogP contribution in [0.4, 0.5) is 0 Å². The summed E-state index contributed by atoms with van der Waals surface area (Å²) in [7, 11) is 0. The molecular weight excluding hydrogens is 416 g/mol. The molecule has 6 N–H and O–H groups in total. The van der Waals surface area contributed by atoms with Crippen molar-refractivity contribution >= 4 is 23.8 Å². The maximum absolute atomic E-state index is 13.2. The highest BCUT2D eigenvalue weighted by atomic mass is 16.4. The molecule has 1 aliphatic rings. The van der Waals surface area contributed by atoms with Crippen LogP contribution in [0.15, 0.2) is 30.3 Å². The molecule has 1 unspecified atom stereocenters. The first-order chi connectivity index (χ1) is 15.3. The number of carbonyl (C=O) groups is 4. The molecule has 0 radical (unpaired) electrons. The van der Waals surface area contributed by atoms with Crippen LogP contribution in [-0.2, 0) is 25.6 Å². The van der Waals surface area contributed by atoms with Crippen molar-refractivity contribution in [3.63, 3.8) is 0 Å². The van der Waals surface area contributed by atoms with Gasteiger partial charge in [-0.25, -0.2) is 4.79 Å². The molecule has 1 aromatic rings. The zero-order valence-electron chi connectivity index (χ0n) is 18.0. The van der Waals surface area contributed by atoms with Crippen molar-refractivity contribution in [2.45, 2.75) is 56.7 Å². The van der Waals surface area contributed by atoms with Crippen molar-refractivity contribution in [3.8, 4) is 0 Å². The van der Waals surface area contributed by atoms with Crippen LogP contribution < -0.4 is 16.4 Å². The predicted molar refractivity (Wildman–Crippen MR) is 117 cm³/mol. The van der Waals surface area contributed by atoms with E-state index in [2.05, 4.69) is 10.6 Å². The second kappa shape index (κ2) is 12.8. The Labute approximate surface area is 187 Å². The van der Waals surface area contributed by atoms with Crippen LogP contribution in [0, 0.1) is 0 Å². The third-order valence-electron chi connectivity index (χ3n) is 5.51. The number of likely N-dealkylation sites (tertiary alicyclic amines) is 1. The standard InChI is InChI=1S/C22H32N4O6/c23-12-10-19(27)24-13-11-16(20(28)26-14-4-7-18(26)22(31)32)25-17(21(29)30)9-8-15-5-2-1-3-6-15/h1-3,5-6,16-18,25H,4,7-14,23H2,(H,24,27)(H,29,30)(H,31,32)/t16?,17-,18-/m0/s1. The van der Waals surface area contributed by atoms with Gasteiger partial charge in [0.15, 0.2) is 0 Å². The predicted octanol–water partition coefficient (Wildman–Crippen LogP) is -0.0387. The van der Waals surface area contributed by atoms with E-state index in [0.29, 0.717) is 25.8 Å². The van der Waals surface area contributed by atoms with Gasteiger partial charge in [-0.1, -0.05) is 30.3 Å². The molecule has 1 saturated heterocycles. The summed E-state index contributed by atoms with van der Waals surface area (Å²) in [6, 6.07) is 6.54. The molecule has 0 spiro atoms. The summed E-state index contributed by atoms with van der Waals surface area (Å²) in [6.07, 6.45) is 1.96. The van der Waals surface area contributed by atoms with E-state index in [4.69, 9.17) is 5.73 Å². The van der Waals surface area contributed by atoms with Crippen molar-refractivity contribution in [2.24, 2.45) is 5.73 Å². The Morgan fingerprint density at radius 1 is 1.09 bits per heavy atom. The van der Waals surface area contributed by atoms with Gasteiger partial charge < -0.3 is 26.2 Å². The lowest BCUT2D eigenvalue weighted by molar-refractivity contribution is -0.149. The molecule has 0 bridgehead atoms. The SMILES string of the molecule is NCCC(=O)NCCC(N[C@@H](CCc1ccccc1)C(=O)O)C(=O)N1CCC[C@H]1C(=O)O. The molecule has 176 valence electrons. The number of carboxylic acid groups (broad SMARTS) is 2. The number of rotatable bonds is 13. The third kappa shape index (κ3) is 7.61. The number of carboxylic acids is 2. The zero-order valence-corrected chi connectivity index (χ0v) is 18.0. The summed E-state index contributed by atoms with van der Waals surface area (Å²) in [4.78, 5) is 49.6. The molecular formula is C22H32N4O6. The Kier molecular flexibility index (Phi) is 10.1. The average Bonchev–Trinajstić information content (AvgIpc) is 3.26. The molecule has 2 amide bonds. The highest BCUT2D eigenvalue weighted by Crippen LogP contribution is 2.19. The van der Waals surface area contributed by atoms with E-state index < -0.39 is 36.0 Å². The Morgan fingerprint density at radius 2 is 1.81 bits per heavy atom. The van der Waals surface area contributed by atoms with Gasteiger partial charge in [0.05, 0.1) is 6.04 Å². The van der Waals surface area contributed by atoms with E-state index in [9.17, 15) is 29.4 Å². The number of nitrogens with zero attached hydrogens (tertiary/aromatic N) is 1. The van der Waals surface area contributed by atoms with E-state index in [1.165, 1.54) is 4.90 Å². The summed E-state index contributed by atoms with van der Waals surface area (Å²) >= 11 is 0. The van der Waals surface area contributed by atoms with Crippen LogP contribution in [0.25, 0.3) is 0 Å². The largest absolute Gasteiger partial charge is 0.480 e. The zero-order chi connectivity index (χ0) is 23.5. The van der Waals surface area contributed by atoms with Crippen molar-refractivity contribution in [3.05, 3.63) is 35.9 Å². The quantitative estimate of drug-likeness (QED) is 0.281. The third-order valence-corrected chi connectivity index (χ3v) is 5.51. The fourth-order valence-electron chi connectivity index (χ4n) is 3.82. The first-order valence-electron chi connectivity index (χ1n) is 10.9. The van der Waals surface area contributed by atoms with Gasteiger partial charge in [0.1, 0.15) is 12.1 Å². The number of nitrogens with one attached hydrogen (secondary N) is 2. The molecule has 1 heterocycles. The molecule has 32 heavy (non-hydrogen) atoms. The number of nitrogens with two attached hydrogens (primary N) is 1. The second-order valence-electron chi connectivity index (χ2n) is 7.84. The highest BCUT2D eigenvalue weighted by Gasteiger charge is 2.38. The molecule has 10 nitrogen and oxygen atoms in total.